The molecule has 14 aliphatic rings. The fraction of sp³-hybridized carbons (Fsp3) is 0.878. The summed E-state index contributed by atoms with van der Waals surface area (Å²) in [6.45, 7) is 26.8. The molecule has 11 fully saturated rings. The molecule has 0 aromatic rings. The Hall–Kier alpha value is -3.42. The molecule has 29 nitrogen and oxygen atoms in total. The van der Waals surface area contributed by atoms with Crippen LogP contribution in [0.3, 0.4) is 0 Å². The molecule has 111 heavy (non-hydrogen) atoms. The number of hydrogen-bond donors (Lipinski definition) is 14. The number of ketones is 2. The normalized spacial score (nSPS) is 52.5. The number of aliphatic hydroxyl groups excluding tert-OH is 14. The van der Waals surface area contributed by atoms with Crippen molar-refractivity contribution in [2.24, 2.45) is 78.8 Å². The summed E-state index contributed by atoms with van der Waals surface area (Å²) in [5.41, 5.74) is -1.12. The van der Waals surface area contributed by atoms with Gasteiger partial charge < -0.3 is 124 Å². The Kier molecular flexibility index (Phi) is 23.7. The molecular formula is C82H126O29. The van der Waals surface area contributed by atoms with Gasteiger partial charge in [0.15, 0.2) is 48.4 Å². The number of aliphatic hydroxyl groups is 14. The molecule has 5 saturated heterocycles. The van der Waals surface area contributed by atoms with Crippen LogP contribution in [0.25, 0.3) is 0 Å². The van der Waals surface area contributed by atoms with Gasteiger partial charge in [0.25, 0.3) is 0 Å². The lowest BCUT2D eigenvalue weighted by Crippen LogP contribution is -2.68. The molecule has 38 atom stereocenters. The molecule has 0 aromatic carbocycles. The third kappa shape index (κ3) is 13.9. The summed E-state index contributed by atoms with van der Waals surface area (Å²) in [4.78, 5) is 52.2. The summed E-state index contributed by atoms with van der Waals surface area (Å²) in [6.07, 6.45) is -20.0. The van der Waals surface area contributed by atoms with Crippen LogP contribution in [0.5, 0.6) is 0 Å². The summed E-state index contributed by atoms with van der Waals surface area (Å²) in [7, 11) is 0. The molecule has 9 aliphatic carbocycles. The second-order valence-corrected chi connectivity index (χ2v) is 38.3. The molecule has 0 aromatic heterocycles. The van der Waals surface area contributed by atoms with Crippen LogP contribution in [0.4, 0.5) is 0 Å². The summed E-state index contributed by atoms with van der Waals surface area (Å²) < 4.78 is 65.4. The van der Waals surface area contributed by atoms with Gasteiger partial charge in [-0.2, -0.15) is 0 Å². The van der Waals surface area contributed by atoms with Crippen molar-refractivity contribution in [3.8, 4) is 0 Å². The zero-order valence-corrected chi connectivity index (χ0v) is 66.7. The Balaban J connectivity index is 0.000000321. The standard InChI is InChI=1S/C58H94O25.C24H32O4/c1-23-44(80-47-40(69)34(63)27(60)21-74-47)38(67)42(71)48(76-23)79-33-13-14-55(7)30(54(33,5)6)12-15-56(8)31(55)11-10-25-26-18-53(3,4)16-17-58(26,32(62)19-57(25,56)9)52(73)83-51-46(35(64)28(61)22-75-51)82-49-43(72)39(68)45(24(2)77-49)81-50-41(70)37(66)36(65)29(20-59)78-50;1-14-12-18-19(22(4)9-6-17(27)13-21(14)22)7-10-23(5)20(18)8-11-24(23,15(2)25)28-16(3)26/h10,23-24,26-51,59-72H,11-22H2,1-9H3;12-13,18-20H,6-11H2,1-5H3. The molecule has 14 N–H and O–H groups in total. The first kappa shape index (κ1) is 85.5. The van der Waals surface area contributed by atoms with Crippen LogP contribution in [0.1, 0.15) is 193 Å². The van der Waals surface area contributed by atoms with Crippen LogP contribution in [0, 0.1) is 78.8 Å². The van der Waals surface area contributed by atoms with Crippen molar-refractivity contribution in [2.75, 3.05) is 19.8 Å². The van der Waals surface area contributed by atoms with E-state index >= 15 is 4.79 Å². The summed E-state index contributed by atoms with van der Waals surface area (Å²) in [6, 6.07) is 0. The fourth-order valence-electron chi connectivity index (χ4n) is 25.0. The Morgan fingerprint density at radius 1 is 0.559 bits per heavy atom. The highest BCUT2D eigenvalue weighted by molar-refractivity contribution is 5.93. The SMILES string of the molecule is CC(=O)OC1(C(C)=O)CCC2C3C=C(C)C4=CC(=O)CCC4(C)C3CCC21C.CC1OC(OC2CCC3(C)C(CCC4(C)C3CC=C3C5CC(C)(C)CCC5(C(=O)OC5OCC(O)C(O)C5OC5OC(C)C(OC6OC(CO)C(O)C(O)C6O)C(O)C5O)C(O)CC34C)C2(C)C)C(O)C(O)C1OC1OCC(O)C(O)C1O. The average molecular weight is 1580 g/mol. The van der Waals surface area contributed by atoms with E-state index in [9.17, 15) is 85.9 Å². The molecule has 0 radical (unpaired) electrons. The van der Waals surface area contributed by atoms with E-state index in [1.807, 2.05) is 6.08 Å². The van der Waals surface area contributed by atoms with Crippen molar-refractivity contribution in [2.45, 2.75) is 352 Å². The van der Waals surface area contributed by atoms with Gasteiger partial charge in [0, 0.05) is 18.8 Å². The zero-order chi connectivity index (χ0) is 81.1. The van der Waals surface area contributed by atoms with Gasteiger partial charge in [-0.25, -0.2) is 0 Å². The highest BCUT2D eigenvalue weighted by Gasteiger charge is 2.73. The predicted molar refractivity (Wildman–Crippen MR) is 388 cm³/mol. The first-order chi connectivity index (χ1) is 51.8. The number of Topliss-reactive ketones (excluding diaryl/α,β-unsaturated/α-hetero) is 1. The largest absolute Gasteiger partial charge is 0.451 e. The maximum Gasteiger partial charge on any atom is 0.317 e. The molecule has 6 saturated carbocycles. The van der Waals surface area contributed by atoms with Crippen molar-refractivity contribution >= 4 is 23.5 Å². The van der Waals surface area contributed by atoms with E-state index in [1.54, 1.807) is 13.8 Å². The molecule has 29 heteroatoms. The van der Waals surface area contributed by atoms with Gasteiger partial charge in [0.05, 0.1) is 44.2 Å². The summed E-state index contributed by atoms with van der Waals surface area (Å²) >= 11 is 0. The number of rotatable bonds is 13. The molecule has 5 aliphatic heterocycles. The zero-order valence-electron chi connectivity index (χ0n) is 66.7. The van der Waals surface area contributed by atoms with E-state index < -0.39 is 200 Å². The average Bonchev–Trinajstić information content (AvgIpc) is 1.02. The van der Waals surface area contributed by atoms with Gasteiger partial charge in [-0.05, 0) is 197 Å². The molecule has 0 amide bonds. The van der Waals surface area contributed by atoms with E-state index in [-0.39, 0.29) is 75.9 Å². The van der Waals surface area contributed by atoms with Crippen molar-refractivity contribution in [1.82, 2.24) is 0 Å². The first-order valence-corrected chi connectivity index (χ1v) is 40.7. The number of carbonyl (C=O) groups is 4. The minimum Gasteiger partial charge on any atom is -0.451 e. The van der Waals surface area contributed by atoms with E-state index in [4.69, 9.17) is 52.1 Å². The number of ether oxygens (including phenoxy) is 11. The van der Waals surface area contributed by atoms with Crippen molar-refractivity contribution in [3.05, 3.63) is 34.9 Å². The molecule has 14 rings (SSSR count). The highest BCUT2D eigenvalue weighted by atomic mass is 16.8. The van der Waals surface area contributed by atoms with Gasteiger partial charge in [0.2, 0.25) is 6.29 Å². The topological polar surface area (TPSA) is 453 Å². The Morgan fingerprint density at radius 2 is 1.13 bits per heavy atom. The number of carbonyl (C=O) groups excluding carboxylic acids is 4. The van der Waals surface area contributed by atoms with Crippen LogP contribution < -0.4 is 0 Å². The Morgan fingerprint density at radius 3 is 1.76 bits per heavy atom. The lowest BCUT2D eigenvalue weighted by Gasteiger charge is -2.71. The second kappa shape index (κ2) is 30.7. The van der Waals surface area contributed by atoms with E-state index in [0.29, 0.717) is 56.3 Å². The molecular weight excluding hydrogens is 1450 g/mol. The van der Waals surface area contributed by atoms with Crippen LogP contribution in [0.15, 0.2) is 34.9 Å². The first-order valence-electron chi connectivity index (χ1n) is 40.7. The van der Waals surface area contributed by atoms with Crippen LogP contribution in [-0.4, -0.2) is 274 Å². The van der Waals surface area contributed by atoms with Gasteiger partial charge in [-0.1, -0.05) is 85.6 Å². The van der Waals surface area contributed by atoms with E-state index in [1.165, 1.54) is 25.0 Å². The van der Waals surface area contributed by atoms with Crippen LogP contribution in [0.2, 0.25) is 0 Å². The van der Waals surface area contributed by atoms with Crippen LogP contribution in [-0.2, 0) is 71.3 Å². The fourth-order valence-corrected chi connectivity index (χ4v) is 25.0. The lowest BCUT2D eigenvalue weighted by atomic mass is 9.33. The molecule has 0 bridgehead atoms. The summed E-state index contributed by atoms with van der Waals surface area (Å²) in [5, 5.41) is 152. The highest BCUT2D eigenvalue weighted by Crippen LogP contribution is 2.77. The van der Waals surface area contributed by atoms with Gasteiger partial charge in [-0.15, -0.1) is 0 Å². The molecule has 38 unspecified atom stereocenters. The van der Waals surface area contributed by atoms with Gasteiger partial charge in [0.1, 0.15) is 97.0 Å². The third-order valence-electron chi connectivity index (χ3n) is 31.5. The van der Waals surface area contributed by atoms with Crippen LogP contribution >= 0.6 is 0 Å². The molecule has 5 heterocycles. The molecule has 628 valence electrons. The number of hydrogen-bond acceptors (Lipinski definition) is 29. The minimum atomic E-state index is -1.93. The number of allylic oxidation sites excluding steroid dienone is 6. The van der Waals surface area contributed by atoms with Gasteiger partial charge in [-0.3, -0.25) is 19.2 Å². The van der Waals surface area contributed by atoms with E-state index in [0.717, 1.165) is 50.5 Å². The summed E-state index contributed by atoms with van der Waals surface area (Å²) in [5.74, 6) is 0.0267. The second-order valence-electron chi connectivity index (χ2n) is 38.3. The quantitative estimate of drug-likeness (QED) is 0.0716. The predicted octanol–water partition coefficient (Wildman–Crippen LogP) is 2.67. The monoisotopic (exact) mass is 1570 g/mol. The Labute approximate surface area is 649 Å². The Bertz CT molecular complexity index is 3550. The van der Waals surface area contributed by atoms with Gasteiger partial charge >= 0.3 is 11.9 Å². The smallest absolute Gasteiger partial charge is 0.317 e. The van der Waals surface area contributed by atoms with Crippen molar-refractivity contribution in [3.63, 3.8) is 0 Å². The van der Waals surface area contributed by atoms with Crippen molar-refractivity contribution < 1.29 is 143 Å². The maximum atomic E-state index is 15.4. The molecule has 0 spiro atoms. The van der Waals surface area contributed by atoms with Crippen molar-refractivity contribution in [1.29, 1.82) is 0 Å². The third-order valence-corrected chi connectivity index (χ3v) is 31.5. The van der Waals surface area contributed by atoms with E-state index in [2.05, 4.69) is 81.4 Å². The minimum absolute atomic E-state index is 0.0160. The number of fused-ring (bicyclic) bond motifs is 12. The number of esters is 2. The lowest BCUT2D eigenvalue weighted by molar-refractivity contribution is -0.374. The maximum absolute atomic E-state index is 15.4.